The topological polar surface area (TPSA) is 57.8 Å². The number of fused-ring (bicyclic) bond motifs is 1. The van der Waals surface area contributed by atoms with Gasteiger partial charge in [-0.25, -0.2) is 0 Å². The summed E-state index contributed by atoms with van der Waals surface area (Å²) in [6.45, 7) is 0.640. The number of nitrogens with one attached hydrogen (secondary N) is 2. The molecule has 94 valence electrons. The second-order valence-electron chi connectivity index (χ2n) is 4.31. The van der Waals surface area contributed by atoms with Gasteiger partial charge in [-0.2, -0.15) is 0 Å². The Kier molecular flexibility index (Phi) is 2.98. The van der Waals surface area contributed by atoms with Crippen LogP contribution in [0.1, 0.15) is 5.56 Å². The smallest absolute Gasteiger partial charge is 0.250 e. The first-order valence-electron chi connectivity index (χ1n) is 6.08. The zero-order chi connectivity index (χ0) is 13.1. The molecule has 0 aliphatic heterocycles. The highest BCUT2D eigenvalue weighted by molar-refractivity contribution is 5.90. The Morgan fingerprint density at radius 1 is 1.16 bits per heavy atom. The summed E-state index contributed by atoms with van der Waals surface area (Å²) >= 11 is 0. The Morgan fingerprint density at radius 2 is 2.05 bits per heavy atom. The van der Waals surface area contributed by atoms with Crippen molar-refractivity contribution in [1.29, 1.82) is 0 Å². The Labute approximate surface area is 110 Å². The lowest BCUT2D eigenvalue weighted by Gasteiger charge is -2.09. The van der Waals surface area contributed by atoms with Crippen molar-refractivity contribution in [2.45, 2.75) is 6.54 Å². The quantitative estimate of drug-likeness (QED) is 0.752. The van der Waals surface area contributed by atoms with E-state index in [0.717, 1.165) is 22.2 Å². The number of rotatable bonds is 3. The molecule has 2 heterocycles. The molecule has 4 heteroatoms. The van der Waals surface area contributed by atoms with Crippen LogP contribution in [0.4, 0.5) is 5.69 Å². The van der Waals surface area contributed by atoms with Crippen LogP contribution in [0, 0.1) is 0 Å². The standard InChI is InChI=1S/C15H13N3O/c19-15-8-14(12-5-1-2-6-13(12)18-15)17-10-11-4-3-7-16-9-11/h1-9H,10H2,(H2,17,18,19). The molecule has 0 unspecified atom stereocenters. The third kappa shape index (κ3) is 2.47. The van der Waals surface area contributed by atoms with Gasteiger partial charge >= 0.3 is 0 Å². The molecule has 0 fully saturated rings. The first-order valence-corrected chi connectivity index (χ1v) is 6.08. The predicted molar refractivity (Wildman–Crippen MR) is 76.1 cm³/mol. The van der Waals surface area contributed by atoms with Crippen LogP contribution in [-0.4, -0.2) is 9.97 Å². The largest absolute Gasteiger partial charge is 0.380 e. The number of H-pyrrole nitrogens is 1. The van der Waals surface area contributed by atoms with E-state index in [1.54, 1.807) is 12.3 Å². The molecule has 3 aromatic rings. The van der Waals surface area contributed by atoms with Gasteiger partial charge in [0.2, 0.25) is 5.56 Å². The zero-order valence-electron chi connectivity index (χ0n) is 10.3. The molecule has 0 radical (unpaired) electrons. The summed E-state index contributed by atoms with van der Waals surface area (Å²) in [5.41, 5.74) is 2.64. The van der Waals surface area contributed by atoms with Crippen LogP contribution in [-0.2, 0) is 6.54 Å². The second kappa shape index (κ2) is 4.94. The Balaban J connectivity index is 1.94. The van der Waals surface area contributed by atoms with Gasteiger partial charge in [0, 0.05) is 36.1 Å². The van der Waals surface area contributed by atoms with Crippen molar-refractivity contribution in [3.05, 3.63) is 70.8 Å². The highest BCUT2D eigenvalue weighted by Crippen LogP contribution is 2.19. The van der Waals surface area contributed by atoms with E-state index in [-0.39, 0.29) is 5.56 Å². The molecule has 0 aliphatic rings. The molecule has 4 nitrogen and oxygen atoms in total. The van der Waals surface area contributed by atoms with E-state index in [9.17, 15) is 4.79 Å². The molecule has 0 amide bonds. The summed E-state index contributed by atoms with van der Waals surface area (Å²) in [5.74, 6) is 0. The summed E-state index contributed by atoms with van der Waals surface area (Å²) in [5, 5.41) is 4.29. The number of benzene rings is 1. The van der Waals surface area contributed by atoms with Gasteiger partial charge in [-0.1, -0.05) is 24.3 Å². The maximum atomic E-state index is 11.6. The molecule has 3 rings (SSSR count). The van der Waals surface area contributed by atoms with E-state index < -0.39 is 0 Å². The third-order valence-electron chi connectivity index (χ3n) is 2.96. The van der Waals surface area contributed by atoms with Gasteiger partial charge in [0.25, 0.3) is 0 Å². The number of pyridine rings is 2. The number of para-hydroxylation sites is 1. The highest BCUT2D eigenvalue weighted by atomic mass is 16.1. The van der Waals surface area contributed by atoms with Gasteiger partial charge in [-0.3, -0.25) is 9.78 Å². The van der Waals surface area contributed by atoms with Crippen molar-refractivity contribution in [2.24, 2.45) is 0 Å². The lowest BCUT2D eigenvalue weighted by Crippen LogP contribution is -2.08. The molecule has 0 spiro atoms. The molecule has 0 saturated heterocycles. The van der Waals surface area contributed by atoms with Crippen LogP contribution >= 0.6 is 0 Å². The molecule has 0 aliphatic carbocycles. The molecule has 0 saturated carbocycles. The second-order valence-corrected chi connectivity index (χ2v) is 4.31. The minimum Gasteiger partial charge on any atom is -0.380 e. The van der Waals surface area contributed by atoms with Gasteiger partial charge in [-0.05, 0) is 17.7 Å². The van der Waals surface area contributed by atoms with Crippen molar-refractivity contribution in [3.63, 3.8) is 0 Å². The number of hydrogen-bond donors (Lipinski definition) is 2. The summed E-state index contributed by atoms with van der Waals surface area (Å²) in [6.07, 6.45) is 3.55. The van der Waals surface area contributed by atoms with E-state index in [4.69, 9.17) is 0 Å². The fraction of sp³-hybridized carbons (Fsp3) is 0.0667. The lowest BCUT2D eigenvalue weighted by molar-refractivity contribution is 1.11. The highest BCUT2D eigenvalue weighted by Gasteiger charge is 2.02. The molecule has 1 aromatic carbocycles. The summed E-state index contributed by atoms with van der Waals surface area (Å²) in [7, 11) is 0. The lowest BCUT2D eigenvalue weighted by atomic mass is 10.2. The van der Waals surface area contributed by atoms with Crippen LogP contribution in [0.3, 0.4) is 0 Å². The first-order chi connectivity index (χ1) is 9.33. The number of hydrogen-bond acceptors (Lipinski definition) is 3. The SMILES string of the molecule is O=c1cc(NCc2cccnc2)c2ccccc2[nH]1. The molecule has 19 heavy (non-hydrogen) atoms. The van der Waals surface area contributed by atoms with Gasteiger partial charge in [0.15, 0.2) is 0 Å². The molecule has 0 atom stereocenters. The molecule has 2 aromatic heterocycles. The summed E-state index contributed by atoms with van der Waals surface area (Å²) in [6, 6.07) is 13.2. The van der Waals surface area contributed by atoms with Crippen LogP contribution in [0.25, 0.3) is 10.9 Å². The van der Waals surface area contributed by atoms with Crippen molar-refractivity contribution in [3.8, 4) is 0 Å². The van der Waals surface area contributed by atoms with Crippen LogP contribution in [0.2, 0.25) is 0 Å². The van der Waals surface area contributed by atoms with E-state index in [2.05, 4.69) is 15.3 Å². The van der Waals surface area contributed by atoms with Gasteiger partial charge in [0.05, 0.1) is 5.52 Å². The van der Waals surface area contributed by atoms with Gasteiger partial charge < -0.3 is 10.3 Å². The van der Waals surface area contributed by atoms with E-state index in [1.165, 1.54) is 0 Å². The van der Waals surface area contributed by atoms with E-state index in [1.807, 2.05) is 42.6 Å². The van der Waals surface area contributed by atoms with Crippen molar-refractivity contribution in [1.82, 2.24) is 9.97 Å². The zero-order valence-corrected chi connectivity index (χ0v) is 10.3. The fourth-order valence-electron chi connectivity index (χ4n) is 2.05. The van der Waals surface area contributed by atoms with Crippen molar-refractivity contribution >= 4 is 16.6 Å². The number of nitrogens with zero attached hydrogens (tertiary/aromatic N) is 1. The monoisotopic (exact) mass is 251 g/mol. The Bertz CT molecular complexity index is 750. The maximum Gasteiger partial charge on any atom is 0.250 e. The molecular formula is C15H13N3O. The van der Waals surface area contributed by atoms with Gasteiger partial charge in [0.1, 0.15) is 0 Å². The average Bonchev–Trinajstić information content (AvgIpc) is 2.45. The fourth-order valence-corrected chi connectivity index (χ4v) is 2.05. The predicted octanol–water partition coefficient (Wildman–Crippen LogP) is 2.54. The van der Waals surface area contributed by atoms with Crippen molar-refractivity contribution in [2.75, 3.05) is 5.32 Å². The molecule has 2 N–H and O–H groups in total. The molecule has 0 bridgehead atoms. The summed E-state index contributed by atoms with van der Waals surface area (Å²) < 4.78 is 0. The average molecular weight is 251 g/mol. The minimum atomic E-state index is -0.104. The van der Waals surface area contributed by atoms with Crippen molar-refractivity contribution < 1.29 is 0 Å². The van der Waals surface area contributed by atoms with E-state index >= 15 is 0 Å². The minimum absolute atomic E-state index is 0.104. The molecular weight excluding hydrogens is 238 g/mol. The maximum absolute atomic E-state index is 11.6. The number of anilines is 1. The van der Waals surface area contributed by atoms with Crippen LogP contribution in [0.5, 0.6) is 0 Å². The number of aromatic nitrogens is 2. The normalized spacial score (nSPS) is 10.5. The number of aromatic amines is 1. The van der Waals surface area contributed by atoms with Crippen LogP contribution in [0.15, 0.2) is 59.7 Å². The summed E-state index contributed by atoms with van der Waals surface area (Å²) in [4.78, 5) is 18.5. The van der Waals surface area contributed by atoms with E-state index in [0.29, 0.717) is 6.54 Å². The Hall–Kier alpha value is -2.62. The van der Waals surface area contributed by atoms with Crippen LogP contribution < -0.4 is 10.9 Å². The van der Waals surface area contributed by atoms with Gasteiger partial charge in [-0.15, -0.1) is 0 Å². The first kappa shape index (κ1) is 11.5. The third-order valence-corrected chi connectivity index (χ3v) is 2.96. The Morgan fingerprint density at radius 3 is 2.89 bits per heavy atom.